The molecule has 3 rings (SSSR count). The summed E-state index contributed by atoms with van der Waals surface area (Å²) in [6, 6.07) is 15.4. The van der Waals surface area contributed by atoms with Crippen LogP contribution >= 0.6 is 0 Å². The average molecular weight is 280 g/mol. The maximum absolute atomic E-state index is 5.97. The molecule has 1 aliphatic carbocycles. The molecule has 0 bridgehead atoms. The lowest BCUT2D eigenvalue weighted by Gasteiger charge is -2.18. The van der Waals surface area contributed by atoms with Gasteiger partial charge in [-0.25, -0.2) is 0 Å². The van der Waals surface area contributed by atoms with E-state index in [2.05, 4.69) is 53.9 Å². The van der Waals surface area contributed by atoms with Crippen molar-refractivity contribution in [2.75, 3.05) is 13.1 Å². The van der Waals surface area contributed by atoms with Crippen molar-refractivity contribution in [2.45, 2.75) is 31.7 Å². The Hall–Kier alpha value is -1.64. The molecule has 2 nitrogen and oxygen atoms in total. The molecule has 1 aliphatic rings. The van der Waals surface area contributed by atoms with Crippen molar-refractivity contribution in [2.24, 2.45) is 5.73 Å². The first-order chi connectivity index (χ1) is 10.4. The second-order valence-corrected chi connectivity index (χ2v) is 5.85. The average Bonchev–Trinajstić information content (AvgIpc) is 3.04. The van der Waals surface area contributed by atoms with Crippen LogP contribution in [0.2, 0.25) is 0 Å². The van der Waals surface area contributed by atoms with E-state index < -0.39 is 0 Å². The molecule has 0 aliphatic heterocycles. The maximum atomic E-state index is 5.97. The van der Waals surface area contributed by atoms with E-state index in [0.29, 0.717) is 6.54 Å². The summed E-state index contributed by atoms with van der Waals surface area (Å²) in [7, 11) is 0. The van der Waals surface area contributed by atoms with Crippen LogP contribution < -0.4 is 11.1 Å². The molecule has 0 amide bonds. The lowest BCUT2D eigenvalue weighted by Crippen LogP contribution is -2.29. The SMILES string of the molecule is NCC(NCCC1=CCCC1)c1ccc2ccccc2c1. The molecule has 0 spiro atoms. The van der Waals surface area contributed by atoms with Gasteiger partial charge in [0.15, 0.2) is 0 Å². The number of hydrogen-bond acceptors (Lipinski definition) is 2. The number of nitrogens with one attached hydrogen (secondary N) is 1. The summed E-state index contributed by atoms with van der Waals surface area (Å²) < 4.78 is 0. The fourth-order valence-corrected chi connectivity index (χ4v) is 3.13. The standard InChI is InChI=1S/C19H24N2/c20-14-19(21-12-11-15-5-1-2-6-15)18-10-9-16-7-3-4-8-17(16)13-18/h3-5,7-10,13,19,21H,1-2,6,11-12,14,20H2. The highest BCUT2D eigenvalue weighted by molar-refractivity contribution is 5.83. The molecule has 2 aromatic rings. The van der Waals surface area contributed by atoms with Gasteiger partial charge < -0.3 is 11.1 Å². The molecule has 0 saturated heterocycles. The van der Waals surface area contributed by atoms with Crippen LogP contribution in [0, 0.1) is 0 Å². The molecule has 0 heterocycles. The minimum absolute atomic E-state index is 0.247. The quantitative estimate of drug-likeness (QED) is 0.787. The normalized spacial score (nSPS) is 16.1. The van der Waals surface area contributed by atoms with Crippen LogP contribution in [-0.4, -0.2) is 13.1 Å². The number of fused-ring (bicyclic) bond motifs is 1. The summed E-state index contributed by atoms with van der Waals surface area (Å²) in [4.78, 5) is 0. The molecule has 21 heavy (non-hydrogen) atoms. The third-order valence-electron chi connectivity index (χ3n) is 4.38. The van der Waals surface area contributed by atoms with E-state index in [9.17, 15) is 0 Å². The Kier molecular flexibility index (Phi) is 4.69. The summed E-state index contributed by atoms with van der Waals surface area (Å²) in [5.41, 5.74) is 8.86. The molecule has 2 aromatic carbocycles. The van der Waals surface area contributed by atoms with Crippen LogP contribution in [0.25, 0.3) is 10.8 Å². The van der Waals surface area contributed by atoms with Crippen LogP contribution in [-0.2, 0) is 0 Å². The lowest BCUT2D eigenvalue weighted by atomic mass is 10.0. The molecule has 0 aromatic heterocycles. The molecule has 0 radical (unpaired) electrons. The van der Waals surface area contributed by atoms with Gasteiger partial charge in [-0.15, -0.1) is 0 Å². The molecule has 1 atom stereocenters. The van der Waals surface area contributed by atoms with Gasteiger partial charge in [-0.1, -0.05) is 48.0 Å². The summed E-state index contributed by atoms with van der Waals surface area (Å²) in [5, 5.41) is 6.18. The first-order valence-electron chi connectivity index (χ1n) is 7.97. The van der Waals surface area contributed by atoms with Crippen LogP contribution in [0.3, 0.4) is 0 Å². The maximum Gasteiger partial charge on any atom is 0.0444 e. The molecular formula is C19H24N2. The van der Waals surface area contributed by atoms with Gasteiger partial charge in [0.25, 0.3) is 0 Å². The van der Waals surface area contributed by atoms with Crippen LogP contribution in [0.1, 0.15) is 37.3 Å². The van der Waals surface area contributed by atoms with Gasteiger partial charge in [0, 0.05) is 12.6 Å². The molecular weight excluding hydrogens is 256 g/mol. The Balaban J connectivity index is 1.66. The van der Waals surface area contributed by atoms with Crippen molar-refractivity contribution < 1.29 is 0 Å². The zero-order chi connectivity index (χ0) is 14.5. The van der Waals surface area contributed by atoms with E-state index in [1.807, 2.05) is 0 Å². The number of nitrogens with two attached hydrogens (primary N) is 1. The minimum Gasteiger partial charge on any atom is -0.329 e. The van der Waals surface area contributed by atoms with E-state index in [0.717, 1.165) is 13.0 Å². The molecule has 0 saturated carbocycles. The monoisotopic (exact) mass is 280 g/mol. The predicted octanol–water partition coefficient (Wildman–Crippen LogP) is 3.93. The first-order valence-corrected chi connectivity index (χ1v) is 7.97. The number of benzene rings is 2. The molecule has 3 N–H and O–H groups in total. The van der Waals surface area contributed by atoms with E-state index in [1.165, 1.54) is 35.6 Å². The van der Waals surface area contributed by atoms with E-state index in [1.54, 1.807) is 5.57 Å². The number of allylic oxidation sites excluding steroid dienone is 1. The topological polar surface area (TPSA) is 38.0 Å². The second-order valence-electron chi connectivity index (χ2n) is 5.85. The summed E-state index contributed by atoms with van der Waals surface area (Å²) in [6.07, 6.45) is 7.44. The Morgan fingerprint density at radius 1 is 1.10 bits per heavy atom. The third kappa shape index (κ3) is 3.52. The van der Waals surface area contributed by atoms with Gasteiger partial charge in [-0.3, -0.25) is 0 Å². The lowest BCUT2D eigenvalue weighted by molar-refractivity contribution is 0.542. The Morgan fingerprint density at radius 2 is 1.95 bits per heavy atom. The van der Waals surface area contributed by atoms with Gasteiger partial charge in [0.2, 0.25) is 0 Å². The highest BCUT2D eigenvalue weighted by Crippen LogP contribution is 2.22. The van der Waals surface area contributed by atoms with Gasteiger partial charge in [-0.05, 0) is 54.6 Å². The molecule has 2 heteroatoms. The molecule has 1 unspecified atom stereocenters. The Labute approximate surface area is 127 Å². The Morgan fingerprint density at radius 3 is 2.71 bits per heavy atom. The number of rotatable bonds is 6. The molecule has 110 valence electrons. The summed E-state index contributed by atoms with van der Waals surface area (Å²) >= 11 is 0. The van der Waals surface area contributed by atoms with Crippen LogP contribution in [0.15, 0.2) is 54.1 Å². The van der Waals surface area contributed by atoms with Crippen molar-refractivity contribution in [3.8, 4) is 0 Å². The second kappa shape index (κ2) is 6.88. The molecule has 0 fully saturated rings. The van der Waals surface area contributed by atoms with Crippen molar-refractivity contribution in [3.63, 3.8) is 0 Å². The van der Waals surface area contributed by atoms with Crippen LogP contribution in [0.5, 0.6) is 0 Å². The van der Waals surface area contributed by atoms with E-state index in [-0.39, 0.29) is 6.04 Å². The van der Waals surface area contributed by atoms with Gasteiger partial charge in [-0.2, -0.15) is 0 Å². The van der Waals surface area contributed by atoms with E-state index >= 15 is 0 Å². The highest BCUT2D eigenvalue weighted by Gasteiger charge is 2.10. The van der Waals surface area contributed by atoms with Crippen molar-refractivity contribution in [1.29, 1.82) is 0 Å². The summed E-state index contributed by atoms with van der Waals surface area (Å²) in [6.45, 7) is 1.65. The van der Waals surface area contributed by atoms with Gasteiger partial charge in [0.05, 0.1) is 0 Å². The van der Waals surface area contributed by atoms with Crippen molar-refractivity contribution in [1.82, 2.24) is 5.32 Å². The largest absolute Gasteiger partial charge is 0.329 e. The number of hydrogen-bond donors (Lipinski definition) is 2. The van der Waals surface area contributed by atoms with Crippen LogP contribution in [0.4, 0.5) is 0 Å². The van der Waals surface area contributed by atoms with Gasteiger partial charge >= 0.3 is 0 Å². The Bertz CT molecular complexity index is 630. The zero-order valence-corrected chi connectivity index (χ0v) is 12.5. The van der Waals surface area contributed by atoms with Crippen molar-refractivity contribution >= 4 is 10.8 Å². The van der Waals surface area contributed by atoms with Crippen molar-refractivity contribution in [3.05, 3.63) is 59.7 Å². The third-order valence-corrected chi connectivity index (χ3v) is 4.38. The minimum atomic E-state index is 0.247. The van der Waals surface area contributed by atoms with E-state index in [4.69, 9.17) is 5.73 Å². The smallest absolute Gasteiger partial charge is 0.0444 e. The fourth-order valence-electron chi connectivity index (χ4n) is 3.13. The first kappa shape index (κ1) is 14.3. The fraction of sp³-hybridized carbons (Fsp3) is 0.368. The summed E-state index contributed by atoms with van der Waals surface area (Å²) in [5.74, 6) is 0. The van der Waals surface area contributed by atoms with Gasteiger partial charge in [0.1, 0.15) is 0 Å². The highest BCUT2D eigenvalue weighted by atomic mass is 14.9. The zero-order valence-electron chi connectivity index (χ0n) is 12.5. The predicted molar refractivity (Wildman–Crippen MR) is 90.3 cm³/mol.